The van der Waals surface area contributed by atoms with E-state index in [1.54, 1.807) is 0 Å². The van der Waals surface area contributed by atoms with E-state index in [2.05, 4.69) is 24.5 Å². The zero-order valence-electron chi connectivity index (χ0n) is 11.3. The summed E-state index contributed by atoms with van der Waals surface area (Å²) in [4.78, 5) is 24.0. The van der Waals surface area contributed by atoms with Crippen LogP contribution < -0.4 is 10.6 Å². The molecule has 6 nitrogen and oxygen atoms in total. The second kappa shape index (κ2) is 2.81. The van der Waals surface area contributed by atoms with Gasteiger partial charge in [-0.2, -0.15) is 0 Å². The molecule has 0 amide bonds. The SMILES string of the molecule is CC12NC1([C@]1(C(=O)OC3CCOC3=O)CC1(C)C)N2. The van der Waals surface area contributed by atoms with Crippen LogP contribution in [0.15, 0.2) is 0 Å². The molecule has 0 aromatic heterocycles. The van der Waals surface area contributed by atoms with E-state index in [0.717, 1.165) is 6.42 Å². The van der Waals surface area contributed by atoms with Gasteiger partial charge in [-0.25, -0.2) is 4.79 Å². The Labute approximate surface area is 111 Å². The minimum Gasteiger partial charge on any atom is -0.463 e. The molecule has 4 aliphatic rings. The Kier molecular flexibility index (Phi) is 1.72. The summed E-state index contributed by atoms with van der Waals surface area (Å²) in [5.41, 5.74) is -1.11. The zero-order chi connectivity index (χ0) is 13.7. The second-order valence-corrected chi connectivity index (χ2v) is 6.94. The molecular formula is C13H18N2O4. The van der Waals surface area contributed by atoms with E-state index < -0.39 is 17.5 Å². The van der Waals surface area contributed by atoms with Crippen molar-refractivity contribution in [2.75, 3.05) is 6.61 Å². The molecule has 0 spiro atoms. The third kappa shape index (κ3) is 1.11. The summed E-state index contributed by atoms with van der Waals surface area (Å²) in [5.74, 6) is -0.697. The average Bonchev–Trinajstić information content (AvgIpc) is 3.13. The van der Waals surface area contributed by atoms with Gasteiger partial charge in [0.15, 0.2) is 0 Å². The van der Waals surface area contributed by atoms with Gasteiger partial charge in [-0.05, 0) is 18.8 Å². The van der Waals surface area contributed by atoms with Crippen molar-refractivity contribution in [2.45, 2.75) is 51.0 Å². The molecule has 1 aliphatic carbocycles. The van der Waals surface area contributed by atoms with Crippen LogP contribution in [0.4, 0.5) is 0 Å². The number of rotatable bonds is 3. The lowest BCUT2D eigenvalue weighted by molar-refractivity contribution is -0.166. The van der Waals surface area contributed by atoms with Crippen molar-refractivity contribution >= 4 is 11.9 Å². The third-order valence-corrected chi connectivity index (χ3v) is 5.36. The molecule has 3 saturated heterocycles. The monoisotopic (exact) mass is 266 g/mol. The van der Waals surface area contributed by atoms with Crippen molar-refractivity contribution in [1.29, 1.82) is 0 Å². The smallest absolute Gasteiger partial charge is 0.347 e. The molecule has 1 saturated carbocycles. The maximum absolute atomic E-state index is 12.6. The van der Waals surface area contributed by atoms with Crippen molar-refractivity contribution in [3.05, 3.63) is 0 Å². The average molecular weight is 266 g/mol. The highest BCUT2D eigenvalue weighted by Gasteiger charge is 2.97. The predicted molar refractivity (Wildman–Crippen MR) is 63.7 cm³/mol. The maximum Gasteiger partial charge on any atom is 0.347 e. The van der Waals surface area contributed by atoms with Gasteiger partial charge in [0.05, 0.1) is 6.61 Å². The number of esters is 2. The van der Waals surface area contributed by atoms with E-state index in [0.29, 0.717) is 13.0 Å². The van der Waals surface area contributed by atoms with Crippen molar-refractivity contribution < 1.29 is 19.1 Å². The molecule has 2 atom stereocenters. The number of hydrogen-bond donors (Lipinski definition) is 2. The van der Waals surface area contributed by atoms with Gasteiger partial charge in [-0.15, -0.1) is 0 Å². The van der Waals surface area contributed by atoms with E-state index in [4.69, 9.17) is 9.47 Å². The van der Waals surface area contributed by atoms with Gasteiger partial charge in [0.2, 0.25) is 6.10 Å². The van der Waals surface area contributed by atoms with Crippen LogP contribution in [0.3, 0.4) is 0 Å². The number of fused-ring (bicyclic) bond motifs is 1. The first-order valence-electron chi connectivity index (χ1n) is 6.74. The van der Waals surface area contributed by atoms with Crippen LogP contribution in [-0.2, 0) is 19.1 Å². The van der Waals surface area contributed by atoms with Crippen LogP contribution in [0.5, 0.6) is 0 Å². The van der Waals surface area contributed by atoms with Gasteiger partial charge in [-0.1, -0.05) is 13.8 Å². The van der Waals surface area contributed by atoms with E-state index in [1.807, 2.05) is 6.92 Å². The van der Waals surface area contributed by atoms with Crippen LogP contribution in [-0.4, -0.2) is 36.0 Å². The van der Waals surface area contributed by atoms with Gasteiger partial charge in [-0.3, -0.25) is 15.4 Å². The van der Waals surface area contributed by atoms with E-state index >= 15 is 0 Å². The number of hydrogen-bond acceptors (Lipinski definition) is 6. The summed E-state index contributed by atoms with van der Waals surface area (Å²) < 4.78 is 10.3. The Bertz CT molecular complexity index is 509. The molecule has 0 aromatic carbocycles. The second-order valence-electron chi connectivity index (χ2n) is 6.94. The standard InChI is InChI=1S/C13H18N2O4/c1-10(2)6-12(10,13-11(3,14-13)15-13)9(17)19-7-4-5-18-8(7)16/h7,14-15H,4-6H2,1-3H3/t7?,11?,12-,13?/m0/s1. The highest BCUT2D eigenvalue weighted by Crippen LogP contribution is 2.79. The maximum atomic E-state index is 12.6. The van der Waals surface area contributed by atoms with E-state index in [1.165, 1.54) is 0 Å². The number of nitrogens with one attached hydrogen (secondary N) is 2. The van der Waals surface area contributed by atoms with Crippen LogP contribution >= 0.6 is 0 Å². The number of ether oxygens (including phenoxy) is 2. The lowest BCUT2D eigenvalue weighted by Crippen LogP contribution is -2.43. The van der Waals surface area contributed by atoms with Crippen molar-refractivity contribution in [1.82, 2.24) is 10.6 Å². The molecule has 0 bridgehead atoms. The lowest BCUT2D eigenvalue weighted by Gasteiger charge is -2.22. The fourth-order valence-electron chi connectivity index (χ4n) is 3.90. The molecule has 6 heteroatoms. The molecule has 4 rings (SSSR count). The number of carbonyl (C=O) groups is 2. The topological polar surface area (TPSA) is 96.5 Å². The molecule has 3 aliphatic heterocycles. The number of cyclic esters (lactones) is 1. The van der Waals surface area contributed by atoms with Gasteiger partial charge < -0.3 is 9.47 Å². The normalized spacial score (nSPS) is 52.2. The van der Waals surface area contributed by atoms with Crippen LogP contribution in [0.25, 0.3) is 0 Å². The Hall–Kier alpha value is -1.14. The zero-order valence-corrected chi connectivity index (χ0v) is 11.3. The molecule has 0 aromatic rings. The molecule has 2 N–H and O–H groups in total. The highest BCUT2D eigenvalue weighted by atomic mass is 16.6. The minimum absolute atomic E-state index is 0.110. The highest BCUT2D eigenvalue weighted by molar-refractivity contribution is 5.89. The molecule has 3 heterocycles. The van der Waals surface area contributed by atoms with Gasteiger partial charge in [0.25, 0.3) is 0 Å². The Morgan fingerprint density at radius 3 is 2.32 bits per heavy atom. The summed E-state index contributed by atoms with van der Waals surface area (Å²) >= 11 is 0. The lowest BCUT2D eigenvalue weighted by atomic mass is 9.89. The molecule has 4 fully saturated rings. The summed E-state index contributed by atoms with van der Waals surface area (Å²) in [5, 5.41) is 6.66. The van der Waals surface area contributed by atoms with E-state index in [9.17, 15) is 9.59 Å². The largest absolute Gasteiger partial charge is 0.463 e. The van der Waals surface area contributed by atoms with Gasteiger partial charge in [0, 0.05) is 6.42 Å². The van der Waals surface area contributed by atoms with Crippen LogP contribution in [0, 0.1) is 10.8 Å². The van der Waals surface area contributed by atoms with Crippen molar-refractivity contribution in [3.8, 4) is 0 Å². The first-order chi connectivity index (χ1) is 8.78. The molecular weight excluding hydrogens is 248 g/mol. The Balaban J connectivity index is 1.57. The first-order valence-corrected chi connectivity index (χ1v) is 6.74. The van der Waals surface area contributed by atoms with Crippen molar-refractivity contribution in [3.63, 3.8) is 0 Å². The summed E-state index contributed by atoms with van der Waals surface area (Å²) in [6.45, 7) is 6.51. The third-order valence-electron chi connectivity index (χ3n) is 5.36. The predicted octanol–water partition coefficient (Wildman–Crippen LogP) is -0.120. The minimum atomic E-state index is -0.721. The van der Waals surface area contributed by atoms with Gasteiger partial charge >= 0.3 is 11.9 Å². The Morgan fingerprint density at radius 2 is 1.95 bits per heavy atom. The number of carbonyl (C=O) groups excluding carboxylic acids is 2. The molecule has 104 valence electrons. The summed E-state index contributed by atoms with van der Waals surface area (Å²) in [6, 6.07) is 0. The van der Waals surface area contributed by atoms with Crippen molar-refractivity contribution in [2.24, 2.45) is 10.8 Å². The fraction of sp³-hybridized carbons (Fsp3) is 0.846. The van der Waals surface area contributed by atoms with Gasteiger partial charge in [0.1, 0.15) is 16.7 Å². The first kappa shape index (κ1) is 11.7. The Morgan fingerprint density at radius 1 is 1.37 bits per heavy atom. The summed E-state index contributed by atoms with van der Waals surface area (Å²) in [6.07, 6.45) is 0.517. The van der Waals surface area contributed by atoms with Crippen LogP contribution in [0.1, 0.15) is 33.6 Å². The quantitative estimate of drug-likeness (QED) is 0.546. The molecule has 0 radical (unpaired) electrons. The van der Waals surface area contributed by atoms with Crippen LogP contribution in [0.2, 0.25) is 0 Å². The molecule has 19 heavy (non-hydrogen) atoms. The fourth-order valence-corrected chi connectivity index (χ4v) is 3.90. The molecule has 1 unspecified atom stereocenters. The van der Waals surface area contributed by atoms with E-state index in [-0.39, 0.29) is 22.7 Å². The summed E-state index contributed by atoms with van der Waals surface area (Å²) in [7, 11) is 0.